The number of halogens is 2. The highest BCUT2D eigenvalue weighted by Crippen LogP contribution is 2.36. The van der Waals surface area contributed by atoms with Crippen molar-refractivity contribution in [1.29, 1.82) is 0 Å². The van der Waals surface area contributed by atoms with Crippen LogP contribution in [0.5, 0.6) is 23.1 Å². The van der Waals surface area contributed by atoms with Crippen molar-refractivity contribution in [2.24, 2.45) is 0 Å². The van der Waals surface area contributed by atoms with Crippen molar-refractivity contribution in [3.05, 3.63) is 101 Å². The van der Waals surface area contributed by atoms with Gasteiger partial charge in [0, 0.05) is 54.1 Å². The molecular weight excluding hydrogens is 546 g/mol. The molecule has 0 atom stereocenters. The van der Waals surface area contributed by atoms with E-state index in [1.54, 1.807) is 12.3 Å². The van der Waals surface area contributed by atoms with Crippen LogP contribution in [0.15, 0.2) is 78.0 Å². The fraction of sp³-hybridized carbons (Fsp3) is 0.161. The Labute approximate surface area is 238 Å². The van der Waals surface area contributed by atoms with Gasteiger partial charge in [0.15, 0.2) is 23.1 Å². The van der Waals surface area contributed by atoms with Crippen molar-refractivity contribution in [1.82, 2.24) is 14.5 Å². The monoisotopic (exact) mass is 570 g/mol. The molecule has 1 saturated carbocycles. The molecule has 1 fully saturated rings. The molecule has 6 rings (SSSR count). The van der Waals surface area contributed by atoms with Crippen molar-refractivity contribution in [3.63, 3.8) is 0 Å². The average Bonchev–Trinajstić information content (AvgIpc) is 3.84. The molecule has 0 aliphatic heterocycles. The van der Waals surface area contributed by atoms with E-state index in [4.69, 9.17) is 14.2 Å². The van der Waals surface area contributed by atoms with Gasteiger partial charge in [-0.05, 0) is 42.7 Å². The van der Waals surface area contributed by atoms with Crippen LogP contribution in [-0.2, 0) is 0 Å². The van der Waals surface area contributed by atoms with Crippen LogP contribution < -0.4 is 25.0 Å². The van der Waals surface area contributed by atoms with E-state index >= 15 is 4.39 Å². The first kappa shape index (κ1) is 26.9. The van der Waals surface area contributed by atoms with Crippen LogP contribution >= 0.6 is 0 Å². The standard InChI is InChI=1S/C31H24F2N4O5/c1-40-27-14-24-28(36-31(27)41-2)26(11-12-34-24)42-25-10-7-19(13-23(25)33)35-30(39)22-16-37(20-8-9-20)15-21(29(22)38)17-3-5-18(32)6-4-17/h3-7,10-16,20H,8-9H2,1-2H3,(H,35,39). The van der Waals surface area contributed by atoms with Crippen LogP contribution in [0, 0.1) is 11.6 Å². The molecule has 212 valence electrons. The minimum Gasteiger partial charge on any atom is -0.491 e. The van der Waals surface area contributed by atoms with Crippen molar-refractivity contribution < 1.29 is 27.8 Å². The number of hydrogen-bond acceptors (Lipinski definition) is 7. The van der Waals surface area contributed by atoms with E-state index in [-0.39, 0.29) is 40.2 Å². The Morgan fingerprint density at radius 1 is 0.952 bits per heavy atom. The number of aromatic nitrogens is 3. The quantitative estimate of drug-likeness (QED) is 0.239. The number of carbonyl (C=O) groups is 1. The number of carbonyl (C=O) groups excluding carboxylic acids is 1. The molecule has 0 spiro atoms. The third kappa shape index (κ3) is 5.24. The maximum Gasteiger partial charge on any atom is 0.261 e. The normalized spacial score (nSPS) is 12.7. The van der Waals surface area contributed by atoms with E-state index in [2.05, 4.69) is 15.3 Å². The second kappa shape index (κ2) is 10.9. The zero-order valence-electron chi connectivity index (χ0n) is 22.6. The van der Waals surface area contributed by atoms with Gasteiger partial charge in [-0.3, -0.25) is 14.6 Å². The van der Waals surface area contributed by atoms with E-state index in [1.807, 2.05) is 4.57 Å². The number of fused-ring (bicyclic) bond motifs is 1. The highest BCUT2D eigenvalue weighted by Gasteiger charge is 2.26. The molecule has 3 heterocycles. The summed E-state index contributed by atoms with van der Waals surface area (Å²) < 4.78 is 46.8. The van der Waals surface area contributed by atoms with Crippen molar-refractivity contribution in [2.75, 3.05) is 19.5 Å². The number of nitrogens with zero attached hydrogens (tertiary/aromatic N) is 3. The average molecular weight is 571 g/mol. The first-order chi connectivity index (χ1) is 20.3. The largest absolute Gasteiger partial charge is 0.491 e. The SMILES string of the molecule is COc1cc2nccc(Oc3ccc(NC(=O)c4cn(C5CC5)cc(-c5ccc(F)cc5)c4=O)cc3F)c2nc1OC. The summed E-state index contributed by atoms with van der Waals surface area (Å²) in [5.74, 6) is -1.18. The first-order valence-electron chi connectivity index (χ1n) is 13.0. The Kier molecular flexibility index (Phi) is 6.99. The molecule has 2 aromatic carbocycles. The zero-order valence-corrected chi connectivity index (χ0v) is 22.6. The molecule has 0 unspecified atom stereocenters. The van der Waals surface area contributed by atoms with Crippen molar-refractivity contribution in [3.8, 4) is 34.3 Å². The van der Waals surface area contributed by atoms with Gasteiger partial charge in [-0.1, -0.05) is 12.1 Å². The molecule has 0 bridgehead atoms. The molecule has 1 aliphatic carbocycles. The highest BCUT2D eigenvalue weighted by molar-refractivity contribution is 6.04. The second-order valence-corrected chi connectivity index (χ2v) is 9.68. The van der Waals surface area contributed by atoms with Gasteiger partial charge in [0.25, 0.3) is 11.8 Å². The van der Waals surface area contributed by atoms with E-state index in [1.165, 1.54) is 69.1 Å². The fourth-order valence-corrected chi connectivity index (χ4v) is 4.54. The number of benzene rings is 2. The number of anilines is 1. The number of methoxy groups -OCH3 is 2. The predicted octanol–water partition coefficient (Wildman–Crippen LogP) is 6.13. The topological polar surface area (TPSA) is 105 Å². The summed E-state index contributed by atoms with van der Waals surface area (Å²) >= 11 is 0. The molecule has 1 N–H and O–H groups in total. The third-order valence-electron chi connectivity index (χ3n) is 6.84. The molecular formula is C31H24F2N4O5. The second-order valence-electron chi connectivity index (χ2n) is 9.68. The first-order valence-corrected chi connectivity index (χ1v) is 13.0. The summed E-state index contributed by atoms with van der Waals surface area (Å²) in [5, 5.41) is 2.60. The number of pyridine rings is 3. The van der Waals surface area contributed by atoms with Gasteiger partial charge in [-0.25, -0.2) is 13.8 Å². The lowest BCUT2D eigenvalue weighted by Gasteiger charge is -2.13. The molecule has 5 aromatic rings. The summed E-state index contributed by atoms with van der Waals surface area (Å²) in [6.07, 6.45) is 6.51. The van der Waals surface area contributed by atoms with Gasteiger partial charge in [-0.2, -0.15) is 0 Å². The fourth-order valence-electron chi connectivity index (χ4n) is 4.54. The summed E-state index contributed by atoms with van der Waals surface area (Å²) in [4.78, 5) is 35.2. The van der Waals surface area contributed by atoms with E-state index in [0.717, 1.165) is 18.9 Å². The minimum absolute atomic E-state index is 0.108. The third-order valence-corrected chi connectivity index (χ3v) is 6.84. The molecule has 0 saturated heterocycles. The molecule has 11 heteroatoms. The zero-order chi connectivity index (χ0) is 29.4. The molecule has 3 aromatic heterocycles. The Morgan fingerprint density at radius 3 is 2.43 bits per heavy atom. The van der Waals surface area contributed by atoms with Crippen LogP contribution in [-0.4, -0.2) is 34.7 Å². The van der Waals surface area contributed by atoms with Gasteiger partial charge in [0.1, 0.15) is 16.9 Å². The van der Waals surface area contributed by atoms with Crippen LogP contribution in [0.2, 0.25) is 0 Å². The van der Waals surface area contributed by atoms with Crippen LogP contribution in [0.4, 0.5) is 14.5 Å². The smallest absolute Gasteiger partial charge is 0.261 e. The van der Waals surface area contributed by atoms with Gasteiger partial charge in [-0.15, -0.1) is 0 Å². The highest BCUT2D eigenvalue weighted by atomic mass is 19.1. The number of ether oxygens (including phenoxy) is 3. The number of nitrogens with one attached hydrogen (secondary N) is 1. The van der Waals surface area contributed by atoms with Crippen molar-refractivity contribution >= 4 is 22.6 Å². The van der Waals surface area contributed by atoms with Gasteiger partial charge in [0.05, 0.1) is 19.7 Å². The lowest BCUT2D eigenvalue weighted by molar-refractivity contribution is 0.102. The summed E-state index contributed by atoms with van der Waals surface area (Å²) in [6, 6.07) is 12.7. The summed E-state index contributed by atoms with van der Waals surface area (Å²) in [5.41, 5.74) is 1.06. The summed E-state index contributed by atoms with van der Waals surface area (Å²) in [6.45, 7) is 0. The van der Waals surface area contributed by atoms with Crippen LogP contribution in [0.1, 0.15) is 29.2 Å². The number of rotatable bonds is 8. The van der Waals surface area contributed by atoms with Gasteiger partial charge < -0.3 is 24.1 Å². The Morgan fingerprint density at radius 2 is 1.74 bits per heavy atom. The number of amides is 1. The summed E-state index contributed by atoms with van der Waals surface area (Å²) in [7, 11) is 2.92. The molecule has 9 nitrogen and oxygen atoms in total. The predicted molar refractivity (Wildman–Crippen MR) is 151 cm³/mol. The number of hydrogen-bond donors (Lipinski definition) is 1. The van der Waals surface area contributed by atoms with E-state index in [9.17, 15) is 14.0 Å². The van der Waals surface area contributed by atoms with Gasteiger partial charge in [0.2, 0.25) is 5.43 Å². The minimum atomic E-state index is -0.756. The molecule has 42 heavy (non-hydrogen) atoms. The maximum absolute atomic E-state index is 15.2. The Hall–Kier alpha value is -5.32. The van der Waals surface area contributed by atoms with Crippen molar-refractivity contribution in [2.45, 2.75) is 18.9 Å². The maximum atomic E-state index is 15.2. The lowest BCUT2D eigenvalue weighted by atomic mass is 10.0. The van der Waals surface area contributed by atoms with Crippen LogP contribution in [0.3, 0.4) is 0 Å². The van der Waals surface area contributed by atoms with Crippen LogP contribution in [0.25, 0.3) is 22.2 Å². The van der Waals surface area contributed by atoms with E-state index in [0.29, 0.717) is 22.3 Å². The molecule has 1 amide bonds. The Bertz CT molecular complexity index is 1890. The van der Waals surface area contributed by atoms with Gasteiger partial charge >= 0.3 is 0 Å². The molecule has 0 radical (unpaired) electrons. The molecule has 1 aliphatic rings. The Balaban J connectivity index is 1.27. The lowest BCUT2D eigenvalue weighted by Crippen LogP contribution is -2.24. The van der Waals surface area contributed by atoms with E-state index < -0.39 is 23.0 Å².